The molecule has 4 heteroatoms. The van der Waals surface area contributed by atoms with Crippen LogP contribution in [0.2, 0.25) is 0 Å². The van der Waals surface area contributed by atoms with E-state index in [2.05, 4.69) is 0 Å². The fraction of sp³-hybridized carbons (Fsp3) is 0.417. The van der Waals surface area contributed by atoms with Gasteiger partial charge in [-0.15, -0.1) is 0 Å². The summed E-state index contributed by atoms with van der Waals surface area (Å²) in [5.74, 6) is 0.114. The molecule has 0 fully saturated rings. The molecule has 0 bridgehead atoms. The van der Waals surface area contributed by atoms with Crippen LogP contribution in [0.3, 0.4) is 0 Å². The normalized spacial score (nSPS) is 11.4. The number of carbonyl (C=O) groups is 1. The first kappa shape index (κ1) is 12.9. The number of sulfone groups is 1. The molecule has 0 N–H and O–H groups in total. The van der Waals surface area contributed by atoms with Crippen LogP contribution >= 0.6 is 0 Å². The van der Waals surface area contributed by atoms with E-state index in [1.54, 1.807) is 38.1 Å². The summed E-state index contributed by atoms with van der Waals surface area (Å²) in [6, 6.07) is 6.71. The van der Waals surface area contributed by atoms with Gasteiger partial charge in [0.05, 0.1) is 10.6 Å². The van der Waals surface area contributed by atoms with Crippen molar-refractivity contribution in [3.05, 3.63) is 29.8 Å². The van der Waals surface area contributed by atoms with Gasteiger partial charge < -0.3 is 0 Å². The smallest absolute Gasteiger partial charge is 0.178 e. The molecule has 0 aliphatic heterocycles. The van der Waals surface area contributed by atoms with Crippen LogP contribution in [0.15, 0.2) is 29.2 Å². The van der Waals surface area contributed by atoms with Crippen LogP contribution in [0.4, 0.5) is 0 Å². The number of hydrogen-bond donors (Lipinski definition) is 0. The second kappa shape index (κ2) is 5.25. The van der Waals surface area contributed by atoms with Gasteiger partial charge in [0, 0.05) is 12.8 Å². The highest BCUT2D eigenvalue weighted by atomic mass is 32.2. The Labute approximate surface area is 96.4 Å². The molecule has 16 heavy (non-hydrogen) atoms. The topological polar surface area (TPSA) is 51.2 Å². The third kappa shape index (κ3) is 2.92. The minimum Gasteiger partial charge on any atom is -0.299 e. The summed E-state index contributed by atoms with van der Waals surface area (Å²) in [7, 11) is -3.23. The van der Waals surface area contributed by atoms with E-state index in [4.69, 9.17) is 0 Å². The lowest BCUT2D eigenvalue weighted by molar-refractivity contribution is -0.118. The van der Waals surface area contributed by atoms with Crippen molar-refractivity contribution in [1.29, 1.82) is 0 Å². The van der Waals surface area contributed by atoms with Gasteiger partial charge >= 0.3 is 0 Å². The molecule has 0 amide bonds. The molecule has 0 radical (unpaired) electrons. The minimum absolute atomic E-state index is 0.0544. The van der Waals surface area contributed by atoms with Crippen molar-refractivity contribution >= 4 is 15.6 Å². The average Bonchev–Trinajstić information content (AvgIpc) is 2.29. The Balaban J connectivity index is 3.16. The standard InChI is InChI=1S/C12H16O3S/c1-3-11(13)9-10-7-5-6-8-12(10)16(14,15)4-2/h5-8H,3-4,9H2,1-2H3. The molecule has 1 aromatic carbocycles. The van der Waals surface area contributed by atoms with Crippen LogP contribution in [-0.2, 0) is 21.1 Å². The maximum atomic E-state index is 11.8. The predicted octanol–water partition coefficient (Wildman–Crippen LogP) is 2.00. The Morgan fingerprint density at radius 1 is 1.19 bits per heavy atom. The van der Waals surface area contributed by atoms with Crippen LogP contribution in [0.25, 0.3) is 0 Å². The molecular weight excluding hydrogens is 224 g/mol. The highest BCUT2D eigenvalue weighted by Crippen LogP contribution is 2.18. The zero-order valence-corrected chi connectivity index (χ0v) is 10.4. The number of Topliss-reactive ketones (excluding diaryl/α,β-unsaturated/α-hetero) is 1. The van der Waals surface area contributed by atoms with E-state index in [9.17, 15) is 13.2 Å². The van der Waals surface area contributed by atoms with E-state index >= 15 is 0 Å². The summed E-state index contributed by atoms with van der Waals surface area (Å²) < 4.78 is 23.6. The van der Waals surface area contributed by atoms with Crippen LogP contribution in [-0.4, -0.2) is 20.0 Å². The predicted molar refractivity (Wildman–Crippen MR) is 63.2 cm³/mol. The van der Waals surface area contributed by atoms with Crippen molar-refractivity contribution in [3.63, 3.8) is 0 Å². The molecule has 88 valence electrons. The summed E-state index contributed by atoms with van der Waals surface area (Å²) in [6.45, 7) is 3.38. The molecule has 0 saturated carbocycles. The molecule has 1 rings (SSSR count). The first-order valence-electron chi connectivity index (χ1n) is 5.33. The third-order valence-corrected chi connectivity index (χ3v) is 4.30. The van der Waals surface area contributed by atoms with Gasteiger partial charge in [-0.25, -0.2) is 8.42 Å². The Kier molecular flexibility index (Phi) is 4.24. The molecule has 0 atom stereocenters. The molecule has 0 aliphatic rings. The Hall–Kier alpha value is -1.16. The lowest BCUT2D eigenvalue weighted by atomic mass is 10.1. The van der Waals surface area contributed by atoms with Gasteiger partial charge in [-0.1, -0.05) is 32.0 Å². The molecular formula is C12H16O3S. The van der Waals surface area contributed by atoms with E-state index in [1.165, 1.54) is 0 Å². The molecule has 0 unspecified atom stereocenters. The van der Waals surface area contributed by atoms with Crippen molar-refractivity contribution in [2.75, 3.05) is 5.75 Å². The Morgan fingerprint density at radius 2 is 1.81 bits per heavy atom. The number of benzene rings is 1. The fourth-order valence-electron chi connectivity index (χ4n) is 1.45. The summed E-state index contributed by atoms with van der Waals surface area (Å²) in [4.78, 5) is 11.6. The van der Waals surface area contributed by atoms with Crippen molar-refractivity contribution in [2.24, 2.45) is 0 Å². The summed E-state index contributed by atoms with van der Waals surface area (Å²) >= 11 is 0. The van der Waals surface area contributed by atoms with E-state index < -0.39 is 9.84 Å². The minimum atomic E-state index is -3.23. The molecule has 0 aromatic heterocycles. The van der Waals surface area contributed by atoms with Gasteiger partial charge in [0.1, 0.15) is 5.78 Å². The van der Waals surface area contributed by atoms with Gasteiger partial charge in [-0.05, 0) is 11.6 Å². The second-order valence-corrected chi connectivity index (χ2v) is 5.83. The number of carbonyl (C=O) groups excluding carboxylic acids is 1. The first-order valence-corrected chi connectivity index (χ1v) is 6.98. The number of rotatable bonds is 5. The van der Waals surface area contributed by atoms with Gasteiger partial charge in [0.15, 0.2) is 9.84 Å². The quantitative estimate of drug-likeness (QED) is 0.791. The zero-order chi connectivity index (χ0) is 12.2. The van der Waals surface area contributed by atoms with Crippen LogP contribution in [0.1, 0.15) is 25.8 Å². The lowest BCUT2D eigenvalue weighted by Crippen LogP contribution is -2.10. The van der Waals surface area contributed by atoms with Crippen molar-refractivity contribution in [3.8, 4) is 0 Å². The SMILES string of the molecule is CCC(=O)Cc1ccccc1S(=O)(=O)CC. The monoisotopic (exact) mass is 240 g/mol. The molecule has 0 saturated heterocycles. The highest BCUT2D eigenvalue weighted by Gasteiger charge is 2.16. The van der Waals surface area contributed by atoms with Crippen molar-refractivity contribution < 1.29 is 13.2 Å². The van der Waals surface area contributed by atoms with Gasteiger partial charge in [-0.3, -0.25) is 4.79 Å². The lowest BCUT2D eigenvalue weighted by Gasteiger charge is -2.07. The highest BCUT2D eigenvalue weighted by molar-refractivity contribution is 7.91. The van der Waals surface area contributed by atoms with E-state index in [-0.39, 0.29) is 18.0 Å². The van der Waals surface area contributed by atoms with Gasteiger partial charge in [0.25, 0.3) is 0 Å². The summed E-state index contributed by atoms with van der Waals surface area (Å²) in [5.41, 5.74) is 0.608. The van der Waals surface area contributed by atoms with Gasteiger partial charge in [-0.2, -0.15) is 0 Å². The van der Waals surface area contributed by atoms with Crippen LogP contribution in [0.5, 0.6) is 0 Å². The maximum absolute atomic E-state index is 11.8. The van der Waals surface area contributed by atoms with Crippen LogP contribution in [0, 0.1) is 0 Å². The number of hydrogen-bond acceptors (Lipinski definition) is 3. The molecule has 3 nitrogen and oxygen atoms in total. The largest absolute Gasteiger partial charge is 0.299 e. The Bertz CT molecular complexity index is 475. The summed E-state index contributed by atoms with van der Waals surface area (Å²) in [5, 5.41) is 0. The molecule has 0 heterocycles. The molecule has 0 aliphatic carbocycles. The van der Waals surface area contributed by atoms with Crippen molar-refractivity contribution in [2.45, 2.75) is 31.6 Å². The van der Waals surface area contributed by atoms with Crippen LogP contribution < -0.4 is 0 Å². The Morgan fingerprint density at radius 3 is 2.38 bits per heavy atom. The van der Waals surface area contributed by atoms with E-state index in [0.29, 0.717) is 16.9 Å². The fourth-order valence-corrected chi connectivity index (χ4v) is 2.58. The second-order valence-electron chi connectivity index (χ2n) is 3.58. The number of ketones is 1. The van der Waals surface area contributed by atoms with Gasteiger partial charge in [0.2, 0.25) is 0 Å². The molecule has 1 aromatic rings. The maximum Gasteiger partial charge on any atom is 0.178 e. The van der Waals surface area contributed by atoms with E-state index in [1.807, 2.05) is 0 Å². The molecule has 0 spiro atoms. The summed E-state index contributed by atoms with van der Waals surface area (Å²) in [6.07, 6.45) is 0.631. The first-order chi connectivity index (χ1) is 7.51. The average molecular weight is 240 g/mol. The van der Waals surface area contributed by atoms with Crippen molar-refractivity contribution in [1.82, 2.24) is 0 Å². The van der Waals surface area contributed by atoms with E-state index in [0.717, 1.165) is 0 Å². The third-order valence-electron chi connectivity index (χ3n) is 2.47. The zero-order valence-electron chi connectivity index (χ0n) is 9.56.